The van der Waals surface area contributed by atoms with E-state index in [-0.39, 0.29) is 41.1 Å². The van der Waals surface area contributed by atoms with Gasteiger partial charge in [-0.2, -0.15) is 0 Å². The first kappa shape index (κ1) is 18.0. The second-order valence-electron chi connectivity index (χ2n) is 6.53. The summed E-state index contributed by atoms with van der Waals surface area (Å²) in [6, 6.07) is 4.94. The number of amides is 2. The number of allylic oxidation sites excluding steroid dienone is 2. The standard InChI is InChI=1S/C20H22N2O4/c1-3-5-9-21-15-11-16(23)18-12(7-6-8-13(18)19(15)25)14-10-17(24)22(4-2)20(14)26/h6-8,11,14,21H,3-5,9-10H2,1-2H3/t14-/m0/s1. The molecule has 1 fully saturated rings. The third kappa shape index (κ3) is 2.96. The zero-order valence-electron chi connectivity index (χ0n) is 15.0. The van der Waals surface area contributed by atoms with Crippen LogP contribution in [0, 0.1) is 0 Å². The fourth-order valence-corrected chi connectivity index (χ4v) is 3.53. The number of unbranched alkanes of at least 4 members (excludes halogenated alkanes) is 1. The number of likely N-dealkylation sites (N-methyl/N-ethyl adjacent to an activating group) is 1. The molecule has 0 radical (unpaired) electrons. The van der Waals surface area contributed by atoms with E-state index < -0.39 is 5.92 Å². The van der Waals surface area contributed by atoms with Gasteiger partial charge in [0.15, 0.2) is 5.78 Å². The number of rotatable bonds is 6. The van der Waals surface area contributed by atoms with E-state index >= 15 is 0 Å². The van der Waals surface area contributed by atoms with Gasteiger partial charge in [0.05, 0.1) is 11.6 Å². The van der Waals surface area contributed by atoms with Crippen molar-refractivity contribution in [3.8, 4) is 0 Å². The van der Waals surface area contributed by atoms with Crippen LogP contribution in [0.3, 0.4) is 0 Å². The fourth-order valence-electron chi connectivity index (χ4n) is 3.53. The van der Waals surface area contributed by atoms with E-state index in [1.54, 1.807) is 25.1 Å². The van der Waals surface area contributed by atoms with Gasteiger partial charge >= 0.3 is 0 Å². The van der Waals surface area contributed by atoms with Crippen LogP contribution in [-0.4, -0.2) is 41.4 Å². The normalized spacial score (nSPS) is 19.7. The molecule has 6 nitrogen and oxygen atoms in total. The summed E-state index contributed by atoms with van der Waals surface area (Å²) in [6.07, 6.45) is 3.23. The monoisotopic (exact) mass is 354 g/mol. The summed E-state index contributed by atoms with van der Waals surface area (Å²) >= 11 is 0. The molecule has 3 rings (SSSR count). The molecule has 0 aromatic heterocycles. The third-order valence-corrected chi connectivity index (χ3v) is 4.89. The molecule has 136 valence electrons. The van der Waals surface area contributed by atoms with Crippen LogP contribution in [0.2, 0.25) is 0 Å². The highest BCUT2D eigenvalue weighted by Crippen LogP contribution is 2.35. The van der Waals surface area contributed by atoms with E-state index in [2.05, 4.69) is 5.32 Å². The number of carbonyl (C=O) groups is 4. The van der Waals surface area contributed by atoms with Gasteiger partial charge in [-0.3, -0.25) is 24.1 Å². The summed E-state index contributed by atoms with van der Waals surface area (Å²) in [6.45, 7) is 4.72. The molecule has 6 heteroatoms. The lowest BCUT2D eigenvalue weighted by Crippen LogP contribution is -2.31. The summed E-state index contributed by atoms with van der Waals surface area (Å²) in [7, 11) is 0. The van der Waals surface area contributed by atoms with Crippen LogP contribution >= 0.6 is 0 Å². The predicted molar refractivity (Wildman–Crippen MR) is 95.8 cm³/mol. The van der Waals surface area contributed by atoms with Crippen molar-refractivity contribution in [1.29, 1.82) is 0 Å². The Kier molecular flexibility index (Phi) is 5.02. The molecule has 1 aromatic rings. The first-order valence-electron chi connectivity index (χ1n) is 9.01. The summed E-state index contributed by atoms with van der Waals surface area (Å²) in [5.41, 5.74) is 1.31. The lowest BCUT2D eigenvalue weighted by atomic mass is 9.83. The zero-order chi connectivity index (χ0) is 18.8. The Morgan fingerprint density at radius 2 is 1.92 bits per heavy atom. The van der Waals surface area contributed by atoms with Gasteiger partial charge in [0, 0.05) is 36.7 Å². The SMILES string of the molecule is CCCCNC1=CC(=O)c2c(cccc2[C@@H]2CC(=O)N(CC)C2=O)C1=O. The molecule has 2 amide bonds. The van der Waals surface area contributed by atoms with Crippen molar-refractivity contribution in [3.05, 3.63) is 46.7 Å². The minimum atomic E-state index is -0.697. The van der Waals surface area contributed by atoms with Crippen molar-refractivity contribution in [2.75, 3.05) is 13.1 Å². The number of hydrogen-bond acceptors (Lipinski definition) is 5. The van der Waals surface area contributed by atoms with Gasteiger partial charge in [0.2, 0.25) is 17.6 Å². The number of hydrogen-bond donors (Lipinski definition) is 1. The third-order valence-electron chi connectivity index (χ3n) is 4.89. The van der Waals surface area contributed by atoms with Gasteiger partial charge < -0.3 is 5.32 Å². The molecule has 1 aliphatic heterocycles. The molecule has 2 aliphatic rings. The topological polar surface area (TPSA) is 83.6 Å². The molecule has 1 atom stereocenters. The highest BCUT2D eigenvalue weighted by Gasteiger charge is 2.41. The second-order valence-corrected chi connectivity index (χ2v) is 6.53. The molecule has 1 heterocycles. The van der Waals surface area contributed by atoms with E-state index in [4.69, 9.17) is 0 Å². The average molecular weight is 354 g/mol. The van der Waals surface area contributed by atoms with E-state index in [0.717, 1.165) is 12.8 Å². The highest BCUT2D eigenvalue weighted by atomic mass is 16.2. The maximum Gasteiger partial charge on any atom is 0.237 e. The van der Waals surface area contributed by atoms with Gasteiger partial charge in [-0.05, 0) is 18.9 Å². The van der Waals surface area contributed by atoms with Crippen molar-refractivity contribution in [1.82, 2.24) is 10.2 Å². The molecule has 1 saturated heterocycles. The summed E-state index contributed by atoms with van der Waals surface area (Å²) in [5, 5.41) is 3.03. The maximum absolute atomic E-state index is 12.7. The van der Waals surface area contributed by atoms with E-state index in [1.807, 2.05) is 6.92 Å². The van der Waals surface area contributed by atoms with Crippen LogP contribution in [0.1, 0.15) is 65.3 Å². The average Bonchev–Trinajstić information content (AvgIpc) is 2.92. The molecular weight excluding hydrogens is 332 g/mol. The van der Waals surface area contributed by atoms with Crippen molar-refractivity contribution < 1.29 is 19.2 Å². The molecule has 0 spiro atoms. The summed E-state index contributed by atoms with van der Waals surface area (Å²) in [4.78, 5) is 51.2. The number of Topliss-reactive ketones (excluding diaryl/α,β-unsaturated/α-hetero) is 1. The summed E-state index contributed by atoms with van der Waals surface area (Å²) < 4.78 is 0. The van der Waals surface area contributed by atoms with Gasteiger partial charge in [0.1, 0.15) is 0 Å². The Labute approximate surface area is 152 Å². The minimum Gasteiger partial charge on any atom is -0.382 e. The zero-order valence-corrected chi connectivity index (χ0v) is 15.0. The van der Waals surface area contributed by atoms with Crippen LogP contribution < -0.4 is 5.32 Å². The van der Waals surface area contributed by atoms with Crippen LogP contribution in [0.15, 0.2) is 30.0 Å². The van der Waals surface area contributed by atoms with Crippen LogP contribution in [0.4, 0.5) is 0 Å². The maximum atomic E-state index is 12.7. The largest absolute Gasteiger partial charge is 0.382 e. The fraction of sp³-hybridized carbons (Fsp3) is 0.400. The van der Waals surface area contributed by atoms with Gasteiger partial charge in [-0.1, -0.05) is 31.5 Å². The molecule has 0 unspecified atom stereocenters. The molecule has 0 bridgehead atoms. The number of nitrogens with one attached hydrogen (secondary N) is 1. The number of nitrogens with zero attached hydrogens (tertiary/aromatic N) is 1. The number of likely N-dealkylation sites (tertiary alicyclic amines) is 1. The Morgan fingerprint density at radius 3 is 2.58 bits per heavy atom. The molecule has 0 saturated carbocycles. The quantitative estimate of drug-likeness (QED) is 0.625. The molecule has 26 heavy (non-hydrogen) atoms. The van der Waals surface area contributed by atoms with Crippen LogP contribution in [-0.2, 0) is 9.59 Å². The highest BCUT2D eigenvalue weighted by molar-refractivity contribution is 6.25. The van der Waals surface area contributed by atoms with Crippen molar-refractivity contribution in [2.24, 2.45) is 0 Å². The molecule has 1 aromatic carbocycles. The smallest absolute Gasteiger partial charge is 0.237 e. The van der Waals surface area contributed by atoms with Crippen molar-refractivity contribution >= 4 is 23.4 Å². The molecule has 1 aliphatic carbocycles. The van der Waals surface area contributed by atoms with Crippen molar-refractivity contribution in [3.63, 3.8) is 0 Å². The van der Waals surface area contributed by atoms with E-state index in [1.165, 1.54) is 11.0 Å². The first-order valence-corrected chi connectivity index (χ1v) is 9.01. The van der Waals surface area contributed by atoms with Crippen molar-refractivity contribution in [2.45, 2.75) is 39.0 Å². The molecular formula is C20H22N2O4. The number of fused-ring (bicyclic) bond motifs is 1. The van der Waals surface area contributed by atoms with Gasteiger partial charge in [-0.15, -0.1) is 0 Å². The van der Waals surface area contributed by atoms with E-state index in [0.29, 0.717) is 24.2 Å². The second kappa shape index (κ2) is 7.23. The van der Waals surface area contributed by atoms with Gasteiger partial charge in [-0.25, -0.2) is 0 Å². The Morgan fingerprint density at radius 1 is 1.15 bits per heavy atom. The number of carbonyl (C=O) groups excluding carboxylic acids is 4. The summed E-state index contributed by atoms with van der Waals surface area (Å²) in [5.74, 6) is -1.79. The number of imide groups is 1. The number of benzene rings is 1. The Balaban J connectivity index is 1.97. The van der Waals surface area contributed by atoms with Crippen LogP contribution in [0.25, 0.3) is 0 Å². The van der Waals surface area contributed by atoms with Gasteiger partial charge in [0.25, 0.3) is 0 Å². The van der Waals surface area contributed by atoms with E-state index in [9.17, 15) is 19.2 Å². The molecule has 1 N–H and O–H groups in total. The lowest BCUT2D eigenvalue weighted by molar-refractivity contribution is -0.138. The lowest BCUT2D eigenvalue weighted by Gasteiger charge is -2.21. The number of ketones is 2. The Bertz CT molecular complexity index is 825. The Hall–Kier alpha value is -2.76. The van der Waals surface area contributed by atoms with Crippen LogP contribution in [0.5, 0.6) is 0 Å². The first-order chi connectivity index (χ1) is 12.5. The predicted octanol–water partition coefficient (Wildman–Crippen LogP) is 2.20. The minimum absolute atomic E-state index is 0.0376.